The van der Waals surface area contributed by atoms with E-state index in [0.29, 0.717) is 17.6 Å². The monoisotopic (exact) mass is 433 g/mol. The van der Waals surface area contributed by atoms with Crippen LogP contribution >= 0.6 is 15.9 Å². The third-order valence-electron chi connectivity index (χ3n) is 5.12. The topological polar surface area (TPSA) is 48.5 Å². The molecular weight excluding hydrogens is 406 g/mol. The maximum absolute atomic E-state index is 12.9. The number of rotatable bonds is 3. The van der Waals surface area contributed by atoms with Gasteiger partial charge in [-0.25, -0.2) is 0 Å². The van der Waals surface area contributed by atoms with Crippen LogP contribution in [0.25, 0.3) is 0 Å². The van der Waals surface area contributed by atoms with Crippen LogP contribution in [0, 0.1) is 6.92 Å². The molecule has 1 aliphatic rings. The summed E-state index contributed by atoms with van der Waals surface area (Å²) in [6.45, 7) is 9.95. The van der Waals surface area contributed by atoms with Crippen molar-refractivity contribution in [2.45, 2.75) is 58.6 Å². The van der Waals surface area contributed by atoms with Gasteiger partial charge in [0.1, 0.15) is 0 Å². The summed E-state index contributed by atoms with van der Waals surface area (Å²) in [6, 6.07) is 7.65. The lowest BCUT2D eigenvalue weighted by molar-refractivity contribution is 0.0885. The molecule has 0 spiro atoms. The number of ether oxygens (including phenoxy) is 1. The summed E-state index contributed by atoms with van der Waals surface area (Å²) >= 11 is 3.49. The van der Waals surface area contributed by atoms with Gasteiger partial charge in [-0.3, -0.25) is 14.2 Å². The molecule has 1 fully saturated rings. The van der Waals surface area contributed by atoms with Crippen LogP contribution in [-0.4, -0.2) is 28.0 Å². The Bertz CT molecular complexity index is 912. The van der Waals surface area contributed by atoms with E-state index in [4.69, 9.17) is 4.74 Å². The highest BCUT2D eigenvalue weighted by molar-refractivity contribution is 9.10. The lowest BCUT2D eigenvalue weighted by Crippen LogP contribution is -2.30. The van der Waals surface area contributed by atoms with Crippen molar-refractivity contribution < 1.29 is 9.53 Å². The van der Waals surface area contributed by atoms with Crippen molar-refractivity contribution in [2.24, 2.45) is 12.0 Å². The van der Waals surface area contributed by atoms with Crippen molar-refractivity contribution in [2.75, 3.05) is 6.61 Å². The first-order chi connectivity index (χ1) is 12.7. The van der Waals surface area contributed by atoms with E-state index >= 15 is 0 Å². The molecule has 2 heterocycles. The molecule has 0 saturated carbocycles. The van der Waals surface area contributed by atoms with E-state index in [0.717, 1.165) is 35.2 Å². The standard InChI is InChI=1S/C21H28BrN3O2/c1-14-16(9-6-10-17(14)22)20(26)23-19-12-18(21(2,3)4)24(5)25(19)13-15-8-7-11-27-15/h6,9-10,12,15H,7-8,11,13H2,1-5H3/t15-/m1/s1. The Kier molecular flexibility index (Phi) is 5.77. The van der Waals surface area contributed by atoms with Crippen molar-refractivity contribution >= 4 is 21.8 Å². The third-order valence-corrected chi connectivity index (χ3v) is 5.98. The Labute approximate surface area is 169 Å². The summed E-state index contributed by atoms with van der Waals surface area (Å²) in [6.07, 6.45) is 2.30. The largest absolute Gasteiger partial charge is 0.376 e. The number of nitrogens with zero attached hydrogens (tertiary/aromatic N) is 3. The number of amides is 1. The van der Waals surface area contributed by atoms with Crippen LogP contribution < -0.4 is 5.49 Å². The molecule has 0 aliphatic carbocycles. The molecule has 0 radical (unpaired) electrons. The Hall–Kier alpha value is -1.66. The maximum Gasteiger partial charge on any atom is 0.279 e. The van der Waals surface area contributed by atoms with Crippen molar-refractivity contribution in [3.05, 3.63) is 51.0 Å². The molecule has 1 amide bonds. The smallest absolute Gasteiger partial charge is 0.279 e. The van der Waals surface area contributed by atoms with E-state index in [-0.39, 0.29) is 17.4 Å². The molecule has 0 N–H and O–H groups in total. The predicted octanol–water partition coefficient (Wildman–Crippen LogP) is 4.12. The van der Waals surface area contributed by atoms with E-state index in [9.17, 15) is 4.79 Å². The quantitative estimate of drug-likeness (QED) is 0.730. The molecule has 27 heavy (non-hydrogen) atoms. The second-order valence-electron chi connectivity index (χ2n) is 8.21. The second-order valence-corrected chi connectivity index (χ2v) is 9.06. The fourth-order valence-electron chi connectivity index (χ4n) is 3.57. The predicted molar refractivity (Wildman–Crippen MR) is 110 cm³/mol. The normalized spacial score (nSPS) is 18.3. The van der Waals surface area contributed by atoms with E-state index in [1.807, 2.05) is 38.2 Å². The van der Waals surface area contributed by atoms with Gasteiger partial charge >= 0.3 is 0 Å². The summed E-state index contributed by atoms with van der Waals surface area (Å²) in [5.41, 5.74) is 3.30. The van der Waals surface area contributed by atoms with Crippen LogP contribution in [0.3, 0.4) is 0 Å². The lowest BCUT2D eigenvalue weighted by Gasteiger charge is -2.21. The fourth-order valence-corrected chi connectivity index (χ4v) is 3.93. The summed E-state index contributed by atoms with van der Waals surface area (Å²) in [4.78, 5) is 17.4. The summed E-state index contributed by atoms with van der Waals surface area (Å²) in [5, 5.41) is 0. The maximum atomic E-state index is 12.9. The summed E-state index contributed by atoms with van der Waals surface area (Å²) in [5.74, 6) is -0.221. The zero-order valence-electron chi connectivity index (χ0n) is 16.8. The Morgan fingerprint density at radius 2 is 2.11 bits per heavy atom. The molecule has 3 rings (SSSR count). The number of hydrogen-bond acceptors (Lipinski definition) is 2. The zero-order chi connectivity index (χ0) is 19.8. The first-order valence-corrected chi connectivity index (χ1v) is 10.2. The van der Waals surface area contributed by atoms with Gasteiger partial charge in [0.25, 0.3) is 5.91 Å². The van der Waals surface area contributed by atoms with Gasteiger partial charge in [0.05, 0.1) is 12.6 Å². The first kappa shape index (κ1) is 20.1. The van der Waals surface area contributed by atoms with E-state index in [1.54, 1.807) is 0 Å². The molecule has 1 aliphatic heterocycles. The van der Waals surface area contributed by atoms with Gasteiger partial charge in [-0.15, -0.1) is 0 Å². The molecule has 1 aromatic heterocycles. The highest BCUT2D eigenvalue weighted by Gasteiger charge is 2.23. The molecule has 2 aromatic rings. The number of aromatic nitrogens is 2. The van der Waals surface area contributed by atoms with Gasteiger partial charge in [-0.2, -0.15) is 4.99 Å². The number of hydrogen-bond donors (Lipinski definition) is 0. The van der Waals surface area contributed by atoms with Gasteiger partial charge in [0, 0.05) is 40.9 Å². The zero-order valence-corrected chi connectivity index (χ0v) is 18.3. The van der Waals surface area contributed by atoms with Gasteiger partial charge < -0.3 is 4.74 Å². The Balaban J connectivity index is 2.08. The van der Waals surface area contributed by atoms with E-state index < -0.39 is 0 Å². The number of carbonyl (C=O) groups excluding carboxylic acids is 1. The number of halogens is 1. The van der Waals surface area contributed by atoms with Crippen LogP contribution in [-0.2, 0) is 23.7 Å². The SMILES string of the molecule is Cc1c(Br)cccc1C(=O)N=c1cc(C(C)(C)C)n(C)n1C[C@H]1CCCO1. The molecule has 0 bridgehead atoms. The highest BCUT2D eigenvalue weighted by Crippen LogP contribution is 2.22. The Morgan fingerprint density at radius 3 is 2.74 bits per heavy atom. The van der Waals surface area contributed by atoms with Crippen LogP contribution in [0.1, 0.15) is 55.2 Å². The summed E-state index contributed by atoms with van der Waals surface area (Å²) in [7, 11) is 2.03. The molecular formula is C21H28BrN3O2. The van der Waals surface area contributed by atoms with Crippen molar-refractivity contribution in [1.82, 2.24) is 9.36 Å². The molecule has 146 valence electrons. The second kappa shape index (κ2) is 7.76. The van der Waals surface area contributed by atoms with Crippen LogP contribution in [0.15, 0.2) is 33.7 Å². The van der Waals surface area contributed by atoms with Crippen molar-refractivity contribution in [1.29, 1.82) is 0 Å². The van der Waals surface area contributed by atoms with E-state index in [1.165, 1.54) is 0 Å². The lowest BCUT2D eigenvalue weighted by atomic mass is 9.92. The van der Waals surface area contributed by atoms with Crippen molar-refractivity contribution in [3.8, 4) is 0 Å². The Morgan fingerprint density at radius 1 is 1.37 bits per heavy atom. The highest BCUT2D eigenvalue weighted by atomic mass is 79.9. The molecule has 0 unspecified atom stereocenters. The van der Waals surface area contributed by atoms with Gasteiger partial charge in [-0.1, -0.05) is 42.8 Å². The van der Waals surface area contributed by atoms with Crippen molar-refractivity contribution in [3.63, 3.8) is 0 Å². The van der Waals surface area contributed by atoms with Gasteiger partial charge in [0.2, 0.25) is 0 Å². The fraction of sp³-hybridized carbons (Fsp3) is 0.524. The molecule has 5 nitrogen and oxygen atoms in total. The van der Waals surface area contributed by atoms with Gasteiger partial charge in [0.15, 0.2) is 5.49 Å². The van der Waals surface area contributed by atoms with Crippen LogP contribution in [0.4, 0.5) is 0 Å². The average Bonchev–Trinajstić information content (AvgIpc) is 3.20. The molecule has 6 heteroatoms. The van der Waals surface area contributed by atoms with E-state index in [2.05, 4.69) is 51.1 Å². The van der Waals surface area contributed by atoms with Gasteiger partial charge in [-0.05, 0) is 37.5 Å². The minimum Gasteiger partial charge on any atom is -0.376 e. The minimum atomic E-state index is -0.221. The summed E-state index contributed by atoms with van der Waals surface area (Å²) < 4.78 is 10.9. The molecule has 1 atom stereocenters. The third kappa shape index (κ3) is 4.27. The van der Waals surface area contributed by atoms with Crippen LogP contribution in [0.5, 0.6) is 0 Å². The number of carbonyl (C=O) groups is 1. The molecule has 1 saturated heterocycles. The molecule has 1 aromatic carbocycles. The first-order valence-electron chi connectivity index (χ1n) is 9.41. The average molecular weight is 434 g/mol. The number of benzene rings is 1. The van der Waals surface area contributed by atoms with Crippen LogP contribution in [0.2, 0.25) is 0 Å². The minimum absolute atomic E-state index is 0.0461.